The van der Waals surface area contributed by atoms with Crippen LogP contribution in [-0.4, -0.2) is 15.0 Å². The Morgan fingerprint density at radius 3 is 1.89 bits per heavy atom. The van der Waals surface area contributed by atoms with Gasteiger partial charge in [0, 0.05) is 47.6 Å². The molecule has 3 aromatic heterocycles. The maximum atomic E-state index is 9.72. The lowest BCUT2D eigenvalue weighted by Gasteiger charge is -2.12. The molecule has 11 aromatic rings. The van der Waals surface area contributed by atoms with Crippen LogP contribution >= 0.6 is 11.3 Å². The summed E-state index contributed by atoms with van der Waals surface area (Å²) in [5, 5.41) is 0.899. The van der Waals surface area contributed by atoms with E-state index in [0.717, 1.165) is 21.2 Å². The summed E-state index contributed by atoms with van der Waals surface area (Å²) < 4.78 is 149. The molecule has 56 heavy (non-hydrogen) atoms. The third-order valence-electron chi connectivity index (χ3n) is 9.44. The first-order valence-corrected chi connectivity index (χ1v) is 18.2. The van der Waals surface area contributed by atoms with Crippen molar-refractivity contribution in [3.05, 3.63) is 188 Å². The van der Waals surface area contributed by atoms with Crippen LogP contribution in [0.1, 0.15) is 21.9 Å². The van der Waals surface area contributed by atoms with Crippen molar-refractivity contribution in [2.75, 3.05) is 0 Å². The fourth-order valence-electron chi connectivity index (χ4n) is 6.87. The van der Waals surface area contributed by atoms with Gasteiger partial charge in [0.05, 0.1) is 21.9 Å². The van der Waals surface area contributed by atoms with Crippen molar-refractivity contribution < 1.29 is 26.3 Å². The average molecular weight is 750 g/mol. The van der Waals surface area contributed by atoms with E-state index < -0.39 is 119 Å². The fraction of sp³-hybridized carbons (Fsp3) is 0. The normalized spacial score (nSPS) is 15.6. The maximum absolute atomic E-state index is 9.72. The van der Waals surface area contributed by atoms with Crippen molar-refractivity contribution in [3.63, 3.8) is 0 Å². The quantitative estimate of drug-likeness (QED) is 0.170. The highest BCUT2D eigenvalue weighted by Crippen LogP contribution is 2.43. The van der Waals surface area contributed by atoms with Gasteiger partial charge in [-0.05, 0) is 69.7 Å². The molecular formula is C51H31N3OS. The number of fused-ring (bicyclic) bond motifs is 6. The predicted molar refractivity (Wildman–Crippen MR) is 233 cm³/mol. The Morgan fingerprint density at radius 2 is 1.09 bits per heavy atom. The zero-order valence-electron chi connectivity index (χ0n) is 44.8. The zero-order chi connectivity index (χ0) is 50.9. The van der Waals surface area contributed by atoms with E-state index in [1.54, 1.807) is 24.3 Å². The van der Waals surface area contributed by atoms with E-state index in [1.165, 1.54) is 11.3 Å². The Kier molecular flexibility index (Phi) is 4.72. The second kappa shape index (κ2) is 13.3. The van der Waals surface area contributed by atoms with Gasteiger partial charge in [0.15, 0.2) is 17.5 Å². The van der Waals surface area contributed by atoms with Gasteiger partial charge in [-0.2, -0.15) is 0 Å². The first-order valence-electron chi connectivity index (χ1n) is 25.4. The summed E-state index contributed by atoms with van der Waals surface area (Å²) in [6.45, 7) is 0. The summed E-state index contributed by atoms with van der Waals surface area (Å²) in [5.74, 6) is -0.206. The molecule has 0 spiro atoms. The standard InChI is InChI=1S/C51H31N3OS/c1-4-13-32(14-5-1)34-23-25-36(26-24-34)49-52-50(37-27-28-40-44(30-37)55-43-21-12-20-39(47(40)43)35-17-8-3-9-18-35)54-51(53-49)42-29-38(33-15-6-2-7-16-33)31-46-48(42)41-19-10-11-22-45(41)56-46/h1-31H/i2D,3D,6D,7D,8D,9D,12D,15D,16D,17D,18D,20D,21D,27D,28D,30D. The highest BCUT2D eigenvalue weighted by Gasteiger charge is 2.20. The summed E-state index contributed by atoms with van der Waals surface area (Å²) in [7, 11) is 0. The summed E-state index contributed by atoms with van der Waals surface area (Å²) in [5.41, 5.74) is 0.827. The molecule has 5 heteroatoms. The second-order valence-electron chi connectivity index (χ2n) is 12.8. The summed E-state index contributed by atoms with van der Waals surface area (Å²) in [6, 6.07) is 18.0. The number of hydrogen-bond donors (Lipinski definition) is 0. The Morgan fingerprint density at radius 1 is 0.411 bits per heavy atom. The molecule has 11 rings (SSSR count). The number of thiophene rings is 1. The Bertz CT molecular complexity index is 4120. The van der Waals surface area contributed by atoms with Crippen molar-refractivity contribution in [1.82, 2.24) is 15.0 Å². The number of aromatic nitrogens is 3. The van der Waals surface area contributed by atoms with Gasteiger partial charge in [0.25, 0.3) is 0 Å². The van der Waals surface area contributed by atoms with E-state index in [1.807, 2.05) is 66.7 Å². The molecule has 0 bridgehead atoms. The molecule has 0 radical (unpaired) electrons. The van der Waals surface area contributed by atoms with Crippen molar-refractivity contribution in [1.29, 1.82) is 0 Å². The van der Waals surface area contributed by atoms with Crippen LogP contribution < -0.4 is 0 Å². The van der Waals surface area contributed by atoms with Crippen LogP contribution in [-0.2, 0) is 0 Å². The number of hydrogen-bond acceptors (Lipinski definition) is 5. The van der Waals surface area contributed by atoms with Crippen LogP contribution in [0.2, 0.25) is 0 Å². The molecule has 0 fully saturated rings. The van der Waals surface area contributed by atoms with Gasteiger partial charge in [-0.3, -0.25) is 0 Å². The lowest BCUT2D eigenvalue weighted by molar-refractivity contribution is 0.669. The first-order chi connectivity index (χ1) is 34.4. The average Bonchev–Trinajstić information content (AvgIpc) is 3.98. The number of furan rings is 1. The molecule has 3 heterocycles. The number of nitrogens with zero attached hydrogens (tertiary/aromatic N) is 3. The van der Waals surface area contributed by atoms with Crippen molar-refractivity contribution in [2.24, 2.45) is 0 Å². The van der Waals surface area contributed by atoms with E-state index in [-0.39, 0.29) is 44.9 Å². The van der Waals surface area contributed by atoms with Gasteiger partial charge in [-0.25, -0.2) is 15.0 Å². The van der Waals surface area contributed by atoms with Gasteiger partial charge < -0.3 is 4.42 Å². The largest absolute Gasteiger partial charge is 0.456 e. The minimum atomic E-state index is -0.730. The Hall–Kier alpha value is -7.21. The molecule has 0 amide bonds. The molecule has 4 nitrogen and oxygen atoms in total. The zero-order valence-corrected chi connectivity index (χ0v) is 29.6. The Labute approximate surface area is 349 Å². The van der Waals surface area contributed by atoms with Crippen LogP contribution in [0.4, 0.5) is 0 Å². The molecule has 0 unspecified atom stereocenters. The van der Waals surface area contributed by atoms with E-state index in [9.17, 15) is 4.11 Å². The van der Waals surface area contributed by atoms with E-state index >= 15 is 0 Å². The Balaban J connectivity index is 1.23. The smallest absolute Gasteiger partial charge is 0.164 e. The molecule has 8 aromatic carbocycles. The van der Waals surface area contributed by atoms with Crippen molar-refractivity contribution in [3.8, 4) is 67.5 Å². The minimum absolute atomic E-state index is 0.00504. The molecular weight excluding hydrogens is 703 g/mol. The minimum Gasteiger partial charge on any atom is -0.456 e. The first kappa shape index (κ1) is 19.9. The lowest BCUT2D eigenvalue weighted by atomic mass is 9.98. The lowest BCUT2D eigenvalue weighted by Crippen LogP contribution is -2.00. The maximum Gasteiger partial charge on any atom is 0.164 e. The van der Waals surface area contributed by atoms with Crippen LogP contribution in [0.3, 0.4) is 0 Å². The van der Waals surface area contributed by atoms with E-state index in [2.05, 4.69) is 0 Å². The highest BCUT2D eigenvalue weighted by atomic mass is 32.1. The molecule has 0 aliphatic heterocycles. The van der Waals surface area contributed by atoms with Crippen LogP contribution in [0.5, 0.6) is 0 Å². The molecule has 0 aliphatic carbocycles. The number of benzene rings is 8. The monoisotopic (exact) mass is 749 g/mol. The van der Waals surface area contributed by atoms with Gasteiger partial charge in [0.1, 0.15) is 11.2 Å². The van der Waals surface area contributed by atoms with Crippen molar-refractivity contribution >= 4 is 53.4 Å². The molecule has 262 valence electrons. The van der Waals surface area contributed by atoms with Gasteiger partial charge in [-0.15, -0.1) is 11.3 Å². The summed E-state index contributed by atoms with van der Waals surface area (Å²) in [4.78, 5) is 14.8. The molecule has 0 saturated heterocycles. The van der Waals surface area contributed by atoms with Crippen molar-refractivity contribution in [2.45, 2.75) is 0 Å². The van der Waals surface area contributed by atoms with E-state index in [4.69, 9.17) is 37.2 Å². The van der Waals surface area contributed by atoms with Crippen LogP contribution in [0, 0.1) is 0 Å². The molecule has 0 atom stereocenters. The molecule has 0 N–H and O–H groups in total. The number of rotatable bonds is 6. The van der Waals surface area contributed by atoms with Gasteiger partial charge in [0.2, 0.25) is 0 Å². The molecule has 0 aliphatic rings. The predicted octanol–water partition coefficient (Wildman–Crippen LogP) is 14.1. The van der Waals surface area contributed by atoms with Gasteiger partial charge >= 0.3 is 0 Å². The fourth-order valence-corrected chi connectivity index (χ4v) is 8.04. The summed E-state index contributed by atoms with van der Waals surface area (Å²) in [6.07, 6.45) is 0. The third kappa shape index (κ3) is 5.56. The molecule has 0 saturated carbocycles. The third-order valence-corrected chi connectivity index (χ3v) is 10.6. The highest BCUT2D eigenvalue weighted by molar-refractivity contribution is 7.26. The SMILES string of the molecule is [2H]c1c([2H])c([2H])c(-c2cc(-c3nc(-c4ccc(-c5ccccc5)cc4)nc(-c4c([2H])c([2H])c5c(oc6c([2H])c([2H])c([2H])c(-c7c([2H])c([2H])c([2H])c([2H])c7[2H])c65)c4[2H])n3)c3c(c2)sc2ccccc23)c([2H])c1[2H]. The summed E-state index contributed by atoms with van der Waals surface area (Å²) >= 11 is 1.40. The van der Waals surface area contributed by atoms with Gasteiger partial charge in [-0.1, -0.05) is 151 Å². The van der Waals surface area contributed by atoms with E-state index in [0.29, 0.717) is 21.2 Å². The topological polar surface area (TPSA) is 51.8 Å². The van der Waals surface area contributed by atoms with Crippen LogP contribution in [0.15, 0.2) is 192 Å². The van der Waals surface area contributed by atoms with Crippen LogP contribution in [0.25, 0.3) is 110 Å². The second-order valence-corrected chi connectivity index (χ2v) is 13.8.